The molecule has 2 heterocycles. The molecule has 1 aliphatic rings. The van der Waals surface area contributed by atoms with E-state index in [4.69, 9.17) is 4.74 Å². The molecule has 2 aromatic rings. The number of aromatic nitrogens is 1. The summed E-state index contributed by atoms with van der Waals surface area (Å²) in [6.07, 6.45) is 10.4. The minimum absolute atomic E-state index is 0.173. The summed E-state index contributed by atoms with van der Waals surface area (Å²) < 4.78 is 5.87. The fourth-order valence-corrected chi connectivity index (χ4v) is 3.88. The first-order valence-electron chi connectivity index (χ1n) is 9.42. The summed E-state index contributed by atoms with van der Waals surface area (Å²) in [4.78, 5) is 29.1. The normalized spacial score (nSPS) is 14.7. The topological polar surface area (TPSA) is 80.3 Å². The van der Waals surface area contributed by atoms with Crippen LogP contribution in [0.25, 0.3) is 0 Å². The second kappa shape index (κ2) is 10.2. The molecule has 3 rings (SSSR count). The van der Waals surface area contributed by atoms with Gasteiger partial charge in [0.05, 0.1) is 11.8 Å². The molecule has 0 aliphatic heterocycles. The van der Waals surface area contributed by atoms with Gasteiger partial charge in [-0.15, -0.1) is 11.3 Å². The first-order valence-corrected chi connectivity index (χ1v) is 10.3. The Balaban J connectivity index is 1.42. The highest BCUT2D eigenvalue weighted by Crippen LogP contribution is 2.23. The summed E-state index contributed by atoms with van der Waals surface area (Å²) in [5.74, 6) is -0.432. The largest absolute Gasteiger partial charge is 0.378 e. The molecule has 1 saturated carbocycles. The highest BCUT2D eigenvalue weighted by atomic mass is 32.1. The van der Waals surface area contributed by atoms with Crippen molar-refractivity contribution in [3.05, 3.63) is 46.4 Å². The molecule has 0 saturated heterocycles. The molecular formula is C20H25N3O3S. The Morgan fingerprint density at radius 3 is 2.67 bits per heavy atom. The van der Waals surface area contributed by atoms with E-state index < -0.39 is 0 Å². The van der Waals surface area contributed by atoms with Crippen LogP contribution in [-0.2, 0) is 4.74 Å². The Bertz CT molecular complexity index is 742. The lowest BCUT2D eigenvalue weighted by Crippen LogP contribution is -2.26. The van der Waals surface area contributed by atoms with Crippen molar-refractivity contribution in [3.8, 4) is 0 Å². The average molecular weight is 388 g/mol. The van der Waals surface area contributed by atoms with Crippen molar-refractivity contribution < 1.29 is 14.3 Å². The lowest BCUT2D eigenvalue weighted by Gasteiger charge is -2.21. The quantitative estimate of drug-likeness (QED) is 0.674. The van der Waals surface area contributed by atoms with Crippen LogP contribution in [0.15, 0.2) is 36.0 Å². The number of hydrogen-bond donors (Lipinski definition) is 2. The van der Waals surface area contributed by atoms with E-state index in [1.54, 1.807) is 36.0 Å². The molecule has 7 heteroatoms. The number of carbonyl (C=O) groups is 2. The zero-order valence-electron chi connectivity index (χ0n) is 15.3. The third kappa shape index (κ3) is 5.87. The van der Waals surface area contributed by atoms with Gasteiger partial charge in [0.15, 0.2) is 0 Å². The summed E-state index contributed by atoms with van der Waals surface area (Å²) in [5, 5.41) is 7.49. The van der Waals surface area contributed by atoms with Crippen LogP contribution in [0.1, 0.15) is 58.6 Å². The second-order valence-electron chi connectivity index (χ2n) is 6.59. The van der Waals surface area contributed by atoms with Gasteiger partial charge in [-0.3, -0.25) is 14.6 Å². The number of ether oxygens (including phenoxy) is 1. The van der Waals surface area contributed by atoms with Gasteiger partial charge in [-0.05, 0) is 42.8 Å². The Morgan fingerprint density at radius 1 is 1.11 bits per heavy atom. The van der Waals surface area contributed by atoms with Crippen molar-refractivity contribution in [1.29, 1.82) is 0 Å². The molecule has 0 unspecified atom stereocenters. The van der Waals surface area contributed by atoms with Gasteiger partial charge in [0.1, 0.15) is 4.88 Å². The van der Waals surface area contributed by atoms with Crippen LogP contribution in [0, 0.1) is 0 Å². The van der Waals surface area contributed by atoms with Crippen molar-refractivity contribution in [3.63, 3.8) is 0 Å². The van der Waals surface area contributed by atoms with Crippen molar-refractivity contribution in [1.82, 2.24) is 10.3 Å². The lowest BCUT2D eigenvalue weighted by molar-refractivity contribution is 0.0273. The number of hydrogen-bond acceptors (Lipinski definition) is 5. The molecule has 6 nitrogen and oxygen atoms in total. The van der Waals surface area contributed by atoms with E-state index in [-0.39, 0.29) is 11.8 Å². The van der Waals surface area contributed by atoms with Crippen LogP contribution in [0.2, 0.25) is 0 Å². The van der Waals surface area contributed by atoms with Gasteiger partial charge in [0, 0.05) is 31.1 Å². The Morgan fingerprint density at radius 2 is 1.89 bits per heavy atom. The van der Waals surface area contributed by atoms with Crippen LogP contribution in [0.4, 0.5) is 5.69 Å². The number of amides is 2. The first kappa shape index (κ1) is 19.5. The van der Waals surface area contributed by atoms with Crippen LogP contribution < -0.4 is 10.6 Å². The summed E-state index contributed by atoms with van der Waals surface area (Å²) in [6.45, 7) is 1.22. The van der Waals surface area contributed by atoms with E-state index in [9.17, 15) is 9.59 Å². The highest BCUT2D eigenvalue weighted by Gasteiger charge is 2.16. The molecule has 1 fully saturated rings. The van der Waals surface area contributed by atoms with Crippen molar-refractivity contribution in [2.45, 2.75) is 44.6 Å². The van der Waals surface area contributed by atoms with E-state index in [2.05, 4.69) is 15.6 Å². The van der Waals surface area contributed by atoms with Gasteiger partial charge < -0.3 is 15.4 Å². The number of carbonyl (C=O) groups excluding carboxylic acids is 2. The minimum Gasteiger partial charge on any atom is -0.378 e. The average Bonchev–Trinajstić information content (AvgIpc) is 3.17. The molecule has 2 amide bonds. The molecule has 0 atom stereocenters. The zero-order valence-corrected chi connectivity index (χ0v) is 16.1. The Hall–Kier alpha value is -2.25. The number of pyridine rings is 1. The molecule has 0 bridgehead atoms. The fourth-order valence-electron chi connectivity index (χ4n) is 3.12. The maximum atomic E-state index is 12.4. The summed E-state index contributed by atoms with van der Waals surface area (Å²) >= 11 is 1.31. The molecule has 0 aromatic carbocycles. The summed E-state index contributed by atoms with van der Waals surface area (Å²) in [7, 11) is 0. The van der Waals surface area contributed by atoms with Gasteiger partial charge in [0.25, 0.3) is 11.8 Å². The third-order valence-electron chi connectivity index (χ3n) is 4.57. The number of nitrogens with one attached hydrogen (secondary N) is 2. The van der Waals surface area contributed by atoms with Gasteiger partial charge in [0.2, 0.25) is 0 Å². The number of nitrogens with zero attached hydrogens (tertiary/aromatic N) is 1. The van der Waals surface area contributed by atoms with Crippen LogP contribution >= 0.6 is 11.3 Å². The van der Waals surface area contributed by atoms with Crippen LogP contribution in [-0.4, -0.2) is 36.1 Å². The predicted molar refractivity (Wildman–Crippen MR) is 106 cm³/mol. The summed E-state index contributed by atoms with van der Waals surface area (Å²) in [5.41, 5.74) is 1.03. The third-order valence-corrected chi connectivity index (χ3v) is 5.49. The molecule has 144 valence electrons. The molecule has 0 radical (unpaired) electrons. The molecule has 1 aliphatic carbocycles. The van der Waals surface area contributed by atoms with E-state index in [0.29, 0.717) is 35.4 Å². The van der Waals surface area contributed by atoms with E-state index in [1.165, 1.54) is 30.6 Å². The summed E-state index contributed by atoms with van der Waals surface area (Å²) in [6, 6.07) is 5.01. The smallest absolute Gasteiger partial charge is 0.263 e. The van der Waals surface area contributed by atoms with Crippen molar-refractivity contribution in [2.75, 3.05) is 18.5 Å². The van der Waals surface area contributed by atoms with Crippen molar-refractivity contribution >= 4 is 28.8 Å². The fraction of sp³-hybridized carbons (Fsp3) is 0.450. The molecule has 0 spiro atoms. The van der Waals surface area contributed by atoms with Crippen LogP contribution in [0.5, 0.6) is 0 Å². The highest BCUT2D eigenvalue weighted by molar-refractivity contribution is 7.12. The molecule has 2 aromatic heterocycles. The van der Waals surface area contributed by atoms with E-state index >= 15 is 0 Å². The maximum absolute atomic E-state index is 12.4. The standard InChI is InChI=1S/C20H25N3O3S/c24-19(15-7-11-21-12-8-15)23-17-9-14-27-18(17)20(25)22-10-4-13-26-16-5-2-1-3-6-16/h7-9,11-12,14,16H,1-6,10,13H2,(H,22,25)(H,23,24). The number of anilines is 1. The number of thiophene rings is 1. The predicted octanol–water partition coefficient (Wildman–Crippen LogP) is 3.86. The monoisotopic (exact) mass is 387 g/mol. The second-order valence-corrected chi connectivity index (χ2v) is 7.51. The Labute approximate surface area is 163 Å². The van der Waals surface area contributed by atoms with E-state index in [0.717, 1.165) is 19.3 Å². The van der Waals surface area contributed by atoms with Gasteiger partial charge in [-0.2, -0.15) is 0 Å². The minimum atomic E-state index is -0.259. The first-order chi connectivity index (χ1) is 13.2. The van der Waals surface area contributed by atoms with Crippen LogP contribution in [0.3, 0.4) is 0 Å². The zero-order chi connectivity index (χ0) is 18.9. The van der Waals surface area contributed by atoms with Crippen molar-refractivity contribution in [2.24, 2.45) is 0 Å². The van der Waals surface area contributed by atoms with Gasteiger partial charge in [-0.1, -0.05) is 19.3 Å². The van der Waals surface area contributed by atoms with E-state index in [1.807, 2.05) is 0 Å². The maximum Gasteiger partial charge on any atom is 0.263 e. The van der Waals surface area contributed by atoms with Gasteiger partial charge in [-0.25, -0.2) is 0 Å². The van der Waals surface area contributed by atoms with Gasteiger partial charge >= 0.3 is 0 Å². The SMILES string of the molecule is O=C(Nc1ccsc1C(=O)NCCCOC1CCCCC1)c1ccncc1. The molecular weight excluding hydrogens is 362 g/mol. The Kier molecular flexibility index (Phi) is 7.36. The molecule has 2 N–H and O–H groups in total. The molecule has 27 heavy (non-hydrogen) atoms. The lowest BCUT2D eigenvalue weighted by atomic mass is 9.98. The number of rotatable bonds is 8.